The number of hydrogen-bond donors (Lipinski definition) is 1. The maximum Gasteiger partial charge on any atom is 0.0847 e. The fourth-order valence-electron chi connectivity index (χ4n) is 2.85. The molecule has 1 aromatic carbocycles. The Labute approximate surface area is 111 Å². The Morgan fingerprint density at radius 3 is 2.67 bits per heavy atom. The number of aryl methyl sites for hydroxylation is 2. The second kappa shape index (κ2) is 5.41. The van der Waals surface area contributed by atoms with Crippen LogP contribution in [-0.2, 0) is 17.6 Å². The van der Waals surface area contributed by atoms with Gasteiger partial charge in [-0.3, -0.25) is 0 Å². The largest absolute Gasteiger partial charge is 0.373 e. The van der Waals surface area contributed by atoms with E-state index in [0.29, 0.717) is 0 Å². The van der Waals surface area contributed by atoms with Crippen molar-refractivity contribution in [2.45, 2.75) is 58.1 Å². The lowest BCUT2D eigenvalue weighted by Gasteiger charge is -2.32. The lowest BCUT2D eigenvalue weighted by atomic mass is 9.84. The first kappa shape index (κ1) is 13.6. The first-order valence-corrected chi connectivity index (χ1v) is 7.12. The van der Waals surface area contributed by atoms with Gasteiger partial charge in [-0.2, -0.15) is 0 Å². The third kappa shape index (κ3) is 2.45. The molecule has 0 saturated carbocycles. The third-order valence-electron chi connectivity index (χ3n) is 4.24. The van der Waals surface area contributed by atoms with Crippen molar-refractivity contribution in [3.63, 3.8) is 0 Å². The molecule has 0 bridgehead atoms. The predicted octanol–water partition coefficient (Wildman–Crippen LogP) is 3.38. The topological polar surface area (TPSA) is 35.2 Å². The van der Waals surface area contributed by atoms with E-state index in [2.05, 4.69) is 39.0 Å². The zero-order chi connectivity index (χ0) is 13.2. The molecule has 2 rings (SSSR count). The number of ether oxygens (including phenoxy) is 1. The molecule has 2 unspecified atom stereocenters. The zero-order valence-corrected chi connectivity index (χ0v) is 11.8. The molecular weight excluding hydrogens is 222 g/mol. The monoisotopic (exact) mass is 247 g/mol. The third-order valence-corrected chi connectivity index (χ3v) is 4.24. The Kier molecular flexibility index (Phi) is 4.08. The van der Waals surface area contributed by atoms with Crippen LogP contribution in [0.5, 0.6) is 0 Å². The molecular formula is C16H25NO. The molecule has 1 aliphatic rings. The fraction of sp³-hybridized carbons (Fsp3) is 0.625. The normalized spacial score (nSPS) is 25.3. The minimum Gasteiger partial charge on any atom is -0.373 e. The molecule has 2 heteroatoms. The summed E-state index contributed by atoms with van der Waals surface area (Å²) in [4.78, 5) is 0. The number of hydrogen-bond acceptors (Lipinski definition) is 2. The van der Waals surface area contributed by atoms with Crippen molar-refractivity contribution in [2.24, 2.45) is 5.73 Å². The molecule has 0 aromatic heterocycles. The molecule has 1 heterocycles. The number of rotatable bonds is 4. The first-order valence-electron chi connectivity index (χ1n) is 7.12. The highest BCUT2D eigenvalue weighted by atomic mass is 16.5. The smallest absolute Gasteiger partial charge is 0.0847 e. The van der Waals surface area contributed by atoms with E-state index in [4.69, 9.17) is 10.5 Å². The molecule has 0 amide bonds. The Morgan fingerprint density at radius 1 is 1.33 bits per heavy atom. The van der Waals surface area contributed by atoms with Gasteiger partial charge in [0.25, 0.3) is 0 Å². The zero-order valence-electron chi connectivity index (χ0n) is 11.8. The van der Waals surface area contributed by atoms with Crippen LogP contribution < -0.4 is 5.73 Å². The van der Waals surface area contributed by atoms with Gasteiger partial charge in [-0.15, -0.1) is 0 Å². The predicted molar refractivity (Wildman–Crippen MR) is 75.7 cm³/mol. The van der Waals surface area contributed by atoms with Crippen LogP contribution in [0.2, 0.25) is 0 Å². The summed E-state index contributed by atoms with van der Waals surface area (Å²) in [5.74, 6) is 0. The van der Waals surface area contributed by atoms with Gasteiger partial charge in [-0.25, -0.2) is 0 Å². The summed E-state index contributed by atoms with van der Waals surface area (Å²) in [5.41, 5.74) is 10.3. The Balaban J connectivity index is 2.35. The highest BCUT2D eigenvalue weighted by Gasteiger charge is 2.37. The quantitative estimate of drug-likeness (QED) is 0.885. The van der Waals surface area contributed by atoms with Gasteiger partial charge >= 0.3 is 0 Å². The van der Waals surface area contributed by atoms with Crippen molar-refractivity contribution in [1.29, 1.82) is 0 Å². The van der Waals surface area contributed by atoms with Crippen LogP contribution in [0.15, 0.2) is 18.2 Å². The fourth-order valence-corrected chi connectivity index (χ4v) is 2.85. The molecule has 2 atom stereocenters. The maximum absolute atomic E-state index is 6.51. The van der Waals surface area contributed by atoms with Gasteiger partial charge in [0, 0.05) is 6.61 Å². The van der Waals surface area contributed by atoms with Gasteiger partial charge in [0.2, 0.25) is 0 Å². The van der Waals surface area contributed by atoms with Crippen LogP contribution in [-0.4, -0.2) is 12.2 Å². The van der Waals surface area contributed by atoms with E-state index in [9.17, 15) is 0 Å². The summed E-state index contributed by atoms with van der Waals surface area (Å²) in [6.07, 6.45) is 4.27. The van der Waals surface area contributed by atoms with Gasteiger partial charge in [-0.05, 0) is 49.3 Å². The molecule has 2 N–H and O–H groups in total. The van der Waals surface area contributed by atoms with E-state index in [1.807, 2.05) is 0 Å². The van der Waals surface area contributed by atoms with Gasteiger partial charge in [-0.1, -0.05) is 32.0 Å². The summed E-state index contributed by atoms with van der Waals surface area (Å²) in [7, 11) is 0. The molecule has 0 spiro atoms. The molecule has 1 aromatic rings. The maximum atomic E-state index is 6.51. The van der Waals surface area contributed by atoms with E-state index in [1.165, 1.54) is 16.7 Å². The Bertz CT molecular complexity index is 408. The first-order chi connectivity index (χ1) is 8.60. The van der Waals surface area contributed by atoms with Crippen LogP contribution in [0.4, 0.5) is 0 Å². The molecule has 18 heavy (non-hydrogen) atoms. The van der Waals surface area contributed by atoms with Crippen molar-refractivity contribution < 1.29 is 4.74 Å². The Morgan fingerprint density at radius 2 is 2.11 bits per heavy atom. The highest BCUT2D eigenvalue weighted by molar-refractivity contribution is 5.36. The molecule has 1 fully saturated rings. The average Bonchev–Trinajstić information content (AvgIpc) is 2.85. The number of benzene rings is 1. The SMILES string of the molecule is CCc1ccc(CC)c(C(N)C2(C)CCCO2)c1. The minimum atomic E-state index is -0.184. The van der Waals surface area contributed by atoms with E-state index in [0.717, 1.165) is 32.3 Å². The summed E-state index contributed by atoms with van der Waals surface area (Å²) in [5, 5.41) is 0. The van der Waals surface area contributed by atoms with Crippen LogP contribution in [0, 0.1) is 0 Å². The summed E-state index contributed by atoms with van der Waals surface area (Å²) >= 11 is 0. The van der Waals surface area contributed by atoms with Crippen molar-refractivity contribution in [3.8, 4) is 0 Å². The molecule has 1 aliphatic heterocycles. The molecule has 2 nitrogen and oxygen atoms in total. The average molecular weight is 247 g/mol. The van der Waals surface area contributed by atoms with E-state index >= 15 is 0 Å². The summed E-state index contributed by atoms with van der Waals surface area (Å²) < 4.78 is 5.90. The van der Waals surface area contributed by atoms with Crippen LogP contribution in [0.3, 0.4) is 0 Å². The Hall–Kier alpha value is -0.860. The van der Waals surface area contributed by atoms with Crippen molar-refractivity contribution in [2.75, 3.05) is 6.61 Å². The standard InChI is InChI=1S/C16H25NO/c1-4-12-7-8-13(5-2)14(11-12)15(17)16(3)9-6-10-18-16/h7-8,11,15H,4-6,9-10,17H2,1-3H3. The second-order valence-corrected chi connectivity index (χ2v) is 5.48. The molecule has 100 valence electrons. The van der Waals surface area contributed by atoms with Gasteiger partial charge in [0.05, 0.1) is 11.6 Å². The van der Waals surface area contributed by atoms with Crippen molar-refractivity contribution >= 4 is 0 Å². The second-order valence-electron chi connectivity index (χ2n) is 5.48. The summed E-state index contributed by atoms with van der Waals surface area (Å²) in [6, 6.07) is 6.71. The summed E-state index contributed by atoms with van der Waals surface area (Å²) in [6.45, 7) is 7.38. The van der Waals surface area contributed by atoms with Crippen LogP contribution in [0.1, 0.15) is 56.3 Å². The van der Waals surface area contributed by atoms with E-state index in [-0.39, 0.29) is 11.6 Å². The minimum absolute atomic E-state index is 0.0125. The van der Waals surface area contributed by atoms with Crippen molar-refractivity contribution in [1.82, 2.24) is 0 Å². The van der Waals surface area contributed by atoms with Gasteiger partial charge in [0.15, 0.2) is 0 Å². The van der Waals surface area contributed by atoms with Crippen molar-refractivity contribution in [3.05, 3.63) is 34.9 Å². The van der Waals surface area contributed by atoms with Crippen LogP contribution >= 0.6 is 0 Å². The lowest BCUT2D eigenvalue weighted by Crippen LogP contribution is -2.38. The lowest BCUT2D eigenvalue weighted by molar-refractivity contribution is -0.00194. The molecule has 1 saturated heterocycles. The van der Waals surface area contributed by atoms with E-state index in [1.54, 1.807) is 0 Å². The van der Waals surface area contributed by atoms with Gasteiger partial charge < -0.3 is 10.5 Å². The molecule has 0 aliphatic carbocycles. The number of nitrogens with two attached hydrogens (primary N) is 1. The van der Waals surface area contributed by atoms with Gasteiger partial charge in [0.1, 0.15) is 0 Å². The molecule has 0 radical (unpaired) electrons. The van der Waals surface area contributed by atoms with E-state index < -0.39 is 0 Å². The van der Waals surface area contributed by atoms with Crippen LogP contribution in [0.25, 0.3) is 0 Å². The highest BCUT2D eigenvalue weighted by Crippen LogP contribution is 2.37.